The van der Waals surface area contributed by atoms with E-state index in [1.165, 1.54) is 25.7 Å². The second kappa shape index (κ2) is 6.23. The van der Waals surface area contributed by atoms with Crippen molar-refractivity contribution >= 4 is 5.91 Å². The summed E-state index contributed by atoms with van der Waals surface area (Å²) in [6.07, 6.45) is 5.04. The van der Waals surface area contributed by atoms with E-state index in [1.54, 1.807) is 0 Å². The van der Waals surface area contributed by atoms with Gasteiger partial charge < -0.3 is 15.0 Å². The third-order valence-corrected chi connectivity index (χ3v) is 4.65. The van der Waals surface area contributed by atoms with E-state index in [0.717, 1.165) is 13.1 Å². The Morgan fingerprint density at radius 3 is 2.63 bits per heavy atom. The fourth-order valence-electron chi connectivity index (χ4n) is 3.23. The number of rotatable bonds is 3. The van der Waals surface area contributed by atoms with Crippen LogP contribution in [0.4, 0.5) is 0 Å². The van der Waals surface area contributed by atoms with Crippen LogP contribution in [-0.2, 0) is 9.53 Å². The molecule has 1 N–H and O–H groups in total. The van der Waals surface area contributed by atoms with Crippen molar-refractivity contribution < 1.29 is 9.53 Å². The molecule has 2 unspecified atom stereocenters. The standard InChI is InChI=1S/C15H28N2O2/c1-12(14(18)17-8-10-19-11-9-17)16-13-6-4-5-7-15(13,2)3/h12-13,16H,4-11H2,1-3H3. The lowest BCUT2D eigenvalue weighted by Crippen LogP contribution is -2.55. The number of hydrogen-bond donors (Lipinski definition) is 1. The van der Waals surface area contributed by atoms with Crippen molar-refractivity contribution in [3.05, 3.63) is 0 Å². The number of carbonyl (C=O) groups excluding carboxylic acids is 1. The monoisotopic (exact) mass is 268 g/mol. The van der Waals surface area contributed by atoms with Crippen LogP contribution in [0.15, 0.2) is 0 Å². The highest BCUT2D eigenvalue weighted by Crippen LogP contribution is 2.35. The van der Waals surface area contributed by atoms with Gasteiger partial charge in [-0.05, 0) is 25.2 Å². The molecule has 1 aliphatic heterocycles. The minimum Gasteiger partial charge on any atom is -0.378 e. The molecule has 2 aliphatic rings. The van der Waals surface area contributed by atoms with E-state index >= 15 is 0 Å². The Labute approximate surface area is 116 Å². The summed E-state index contributed by atoms with van der Waals surface area (Å²) in [5.41, 5.74) is 0.303. The quantitative estimate of drug-likeness (QED) is 0.848. The Bertz CT molecular complexity index is 311. The van der Waals surface area contributed by atoms with Gasteiger partial charge >= 0.3 is 0 Å². The van der Waals surface area contributed by atoms with E-state index in [1.807, 2.05) is 11.8 Å². The first kappa shape index (κ1) is 14.8. The highest BCUT2D eigenvalue weighted by Gasteiger charge is 2.34. The number of nitrogens with one attached hydrogen (secondary N) is 1. The van der Waals surface area contributed by atoms with Crippen molar-refractivity contribution in [2.75, 3.05) is 26.3 Å². The Morgan fingerprint density at radius 2 is 2.00 bits per heavy atom. The van der Waals surface area contributed by atoms with Crippen LogP contribution in [0, 0.1) is 5.41 Å². The highest BCUT2D eigenvalue weighted by molar-refractivity contribution is 5.81. The first-order valence-corrected chi connectivity index (χ1v) is 7.63. The molecule has 0 aromatic heterocycles. The molecule has 1 saturated heterocycles. The van der Waals surface area contributed by atoms with Gasteiger partial charge in [0.1, 0.15) is 0 Å². The van der Waals surface area contributed by atoms with Crippen molar-refractivity contribution in [3.8, 4) is 0 Å². The van der Waals surface area contributed by atoms with Gasteiger partial charge in [-0.25, -0.2) is 0 Å². The zero-order valence-corrected chi connectivity index (χ0v) is 12.6. The number of nitrogens with zero attached hydrogens (tertiary/aromatic N) is 1. The van der Waals surface area contributed by atoms with Crippen LogP contribution in [0.2, 0.25) is 0 Å². The van der Waals surface area contributed by atoms with Gasteiger partial charge in [0, 0.05) is 19.1 Å². The van der Waals surface area contributed by atoms with Gasteiger partial charge in [-0.1, -0.05) is 26.7 Å². The lowest BCUT2D eigenvalue weighted by atomic mass is 9.73. The number of ether oxygens (including phenoxy) is 1. The third kappa shape index (κ3) is 3.69. The zero-order valence-electron chi connectivity index (χ0n) is 12.6. The van der Waals surface area contributed by atoms with Gasteiger partial charge in [0.15, 0.2) is 0 Å². The van der Waals surface area contributed by atoms with Gasteiger partial charge in [-0.2, -0.15) is 0 Å². The maximum absolute atomic E-state index is 12.4. The lowest BCUT2D eigenvalue weighted by Gasteiger charge is -2.41. The molecule has 110 valence electrons. The van der Waals surface area contributed by atoms with E-state index in [4.69, 9.17) is 4.74 Å². The summed E-state index contributed by atoms with van der Waals surface area (Å²) in [7, 11) is 0. The lowest BCUT2D eigenvalue weighted by molar-refractivity contribution is -0.137. The van der Waals surface area contributed by atoms with Crippen LogP contribution in [0.25, 0.3) is 0 Å². The van der Waals surface area contributed by atoms with Crippen molar-refractivity contribution in [3.63, 3.8) is 0 Å². The van der Waals surface area contributed by atoms with E-state index in [0.29, 0.717) is 24.7 Å². The number of morpholine rings is 1. The van der Waals surface area contributed by atoms with E-state index in [-0.39, 0.29) is 11.9 Å². The molecule has 0 spiro atoms. The van der Waals surface area contributed by atoms with Gasteiger partial charge in [-0.15, -0.1) is 0 Å². The second-order valence-corrected chi connectivity index (χ2v) is 6.61. The minimum absolute atomic E-state index is 0.0829. The average Bonchev–Trinajstić information content (AvgIpc) is 2.41. The summed E-state index contributed by atoms with van der Waals surface area (Å²) in [5.74, 6) is 0.227. The molecular weight excluding hydrogens is 240 g/mol. The predicted molar refractivity (Wildman–Crippen MR) is 76.0 cm³/mol. The summed E-state index contributed by atoms with van der Waals surface area (Å²) in [6, 6.07) is 0.377. The molecule has 1 saturated carbocycles. The van der Waals surface area contributed by atoms with Crippen molar-refractivity contribution in [1.82, 2.24) is 10.2 Å². The number of hydrogen-bond acceptors (Lipinski definition) is 3. The molecule has 0 aromatic rings. The molecular formula is C15H28N2O2. The fraction of sp³-hybridized carbons (Fsp3) is 0.933. The zero-order chi connectivity index (χ0) is 13.9. The molecule has 0 aromatic carbocycles. The summed E-state index contributed by atoms with van der Waals surface area (Å²) >= 11 is 0. The summed E-state index contributed by atoms with van der Waals surface area (Å²) in [5, 5.41) is 3.57. The summed E-state index contributed by atoms with van der Waals surface area (Å²) in [4.78, 5) is 14.3. The molecule has 0 bridgehead atoms. The molecule has 2 rings (SSSR count). The van der Waals surface area contributed by atoms with Crippen molar-refractivity contribution in [2.45, 2.75) is 58.5 Å². The topological polar surface area (TPSA) is 41.6 Å². The van der Waals surface area contributed by atoms with E-state index < -0.39 is 0 Å². The number of carbonyl (C=O) groups is 1. The Morgan fingerprint density at radius 1 is 1.32 bits per heavy atom. The summed E-state index contributed by atoms with van der Waals surface area (Å²) < 4.78 is 5.30. The molecule has 1 amide bonds. The molecule has 1 aliphatic carbocycles. The minimum atomic E-state index is -0.0829. The van der Waals surface area contributed by atoms with Crippen LogP contribution in [-0.4, -0.2) is 49.2 Å². The Hall–Kier alpha value is -0.610. The first-order chi connectivity index (χ1) is 9.00. The van der Waals surface area contributed by atoms with Crippen molar-refractivity contribution in [1.29, 1.82) is 0 Å². The average molecular weight is 268 g/mol. The van der Waals surface area contributed by atoms with Crippen LogP contribution >= 0.6 is 0 Å². The molecule has 19 heavy (non-hydrogen) atoms. The summed E-state index contributed by atoms with van der Waals surface area (Å²) in [6.45, 7) is 9.45. The van der Waals surface area contributed by atoms with Crippen LogP contribution < -0.4 is 5.32 Å². The molecule has 4 heteroatoms. The molecule has 1 heterocycles. The van der Waals surface area contributed by atoms with Gasteiger partial charge in [0.05, 0.1) is 19.3 Å². The van der Waals surface area contributed by atoms with Gasteiger partial charge in [0.25, 0.3) is 0 Å². The van der Waals surface area contributed by atoms with Crippen molar-refractivity contribution in [2.24, 2.45) is 5.41 Å². The van der Waals surface area contributed by atoms with Crippen LogP contribution in [0.3, 0.4) is 0 Å². The SMILES string of the molecule is CC(NC1CCCCC1(C)C)C(=O)N1CCOCC1. The molecule has 2 fully saturated rings. The fourth-order valence-corrected chi connectivity index (χ4v) is 3.23. The Balaban J connectivity index is 1.88. The normalized spacial score (nSPS) is 29.0. The maximum Gasteiger partial charge on any atom is 0.239 e. The third-order valence-electron chi connectivity index (χ3n) is 4.65. The predicted octanol–water partition coefficient (Wildman–Crippen LogP) is 1.79. The van der Waals surface area contributed by atoms with Gasteiger partial charge in [0.2, 0.25) is 5.91 Å². The number of amides is 1. The van der Waals surface area contributed by atoms with E-state index in [9.17, 15) is 4.79 Å². The Kier molecular flexibility index (Phi) is 4.85. The van der Waals surface area contributed by atoms with Gasteiger partial charge in [-0.3, -0.25) is 4.79 Å². The smallest absolute Gasteiger partial charge is 0.239 e. The molecule has 4 nitrogen and oxygen atoms in total. The van der Waals surface area contributed by atoms with Crippen LogP contribution in [0.1, 0.15) is 46.5 Å². The molecule has 2 atom stereocenters. The van der Waals surface area contributed by atoms with Crippen LogP contribution in [0.5, 0.6) is 0 Å². The first-order valence-electron chi connectivity index (χ1n) is 7.63. The highest BCUT2D eigenvalue weighted by atomic mass is 16.5. The van der Waals surface area contributed by atoms with E-state index in [2.05, 4.69) is 19.2 Å². The largest absolute Gasteiger partial charge is 0.378 e. The second-order valence-electron chi connectivity index (χ2n) is 6.61. The molecule has 0 radical (unpaired) electrons. The maximum atomic E-state index is 12.4.